The number of hydrogen-bond acceptors (Lipinski definition) is 6. The lowest BCUT2D eigenvalue weighted by molar-refractivity contribution is -0.0436. The average molecular weight is 404 g/mol. The van der Waals surface area contributed by atoms with Crippen LogP contribution in [0.3, 0.4) is 0 Å². The SMILES string of the molecule is O=S(=O)(c1ccc(NCc2ccc(CN3CCOCC3)o2)cc1)C(F)(F)F. The van der Waals surface area contributed by atoms with Gasteiger partial charge in [-0.1, -0.05) is 0 Å². The summed E-state index contributed by atoms with van der Waals surface area (Å²) in [5, 5.41) is 2.99. The summed E-state index contributed by atoms with van der Waals surface area (Å²) in [5.74, 6) is 1.49. The fourth-order valence-electron chi connectivity index (χ4n) is 2.66. The van der Waals surface area contributed by atoms with E-state index in [0.29, 0.717) is 37.8 Å². The molecule has 1 N–H and O–H groups in total. The van der Waals surface area contributed by atoms with Gasteiger partial charge in [0.15, 0.2) is 0 Å². The van der Waals surface area contributed by atoms with E-state index in [0.717, 1.165) is 31.0 Å². The molecule has 0 spiro atoms. The first-order valence-electron chi connectivity index (χ1n) is 8.29. The van der Waals surface area contributed by atoms with Crippen molar-refractivity contribution in [3.63, 3.8) is 0 Å². The number of morpholine rings is 1. The number of alkyl halides is 3. The van der Waals surface area contributed by atoms with E-state index in [1.165, 1.54) is 12.1 Å². The largest absolute Gasteiger partial charge is 0.501 e. The fraction of sp³-hybridized carbons (Fsp3) is 0.412. The zero-order valence-corrected chi connectivity index (χ0v) is 15.1. The van der Waals surface area contributed by atoms with Crippen LogP contribution >= 0.6 is 0 Å². The van der Waals surface area contributed by atoms with Crippen molar-refractivity contribution in [3.05, 3.63) is 47.9 Å². The molecule has 3 rings (SSSR count). The molecule has 1 aliphatic heterocycles. The Morgan fingerprint density at radius 1 is 1.00 bits per heavy atom. The summed E-state index contributed by atoms with van der Waals surface area (Å²) in [6.07, 6.45) is 0. The van der Waals surface area contributed by atoms with Gasteiger partial charge < -0.3 is 14.5 Å². The van der Waals surface area contributed by atoms with Gasteiger partial charge in [-0.2, -0.15) is 13.2 Å². The number of benzene rings is 1. The lowest BCUT2D eigenvalue weighted by atomic mass is 10.3. The Labute approximate surface area is 154 Å². The Bertz CT molecular complexity index is 857. The Kier molecular flexibility index (Phi) is 5.78. The number of hydrogen-bond donors (Lipinski definition) is 1. The molecule has 0 bridgehead atoms. The second kappa shape index (κ2) is 7.91. The van der Waals surface area contributed by atoms with Gasteiger partial charge in [0.2, 0.25) is 0 Å². The van der Waals surface area contributed by atoms with E-state index >= 15 is 0 Å². The molecular formula is C17H19F3N2O4S. The Balaban J connectivity index is 1.56. The number of nitrogens with zero attached hydrogens (tertiary/aromatic N) is 1. The summed E-state index contributed by atoms with van der Waals surface area (Å²) in [7, 11) is -5.33. The van der Waals surface area contributed by atoms with E-state index in [9.17, 15) is 21.6 Å². The molecule has 10 heteroatoms. The minimum absolute atomic E-state index is 0.328. The third-order valence-electron chi connectivity index (χ3n) is 4.14. The number of halogens is 3. The van der Waals surface area contributed by atoms with Crippen molar-refractivity contribution in [2.24, 2.45) is 0 Å². The molecule has 1 aromatic carbocycles. The highest BCUT2D eigenvalue weighted by molar-refractivity contribution is 7.92. The topological polar surface area (TPSA) is 71.8 Å². The summed E-state index contributed by atoms with van der Waals surface area (Å²) < 4.78 is 71.3. The molecule has 2 heterocycles. The number of sulfone groups is 1. The lowest BCUT2D eigenvalue weighted by Gasteiger charge is -2.25. The van der Waals surface area contributed by atoms with E-state index in [2.05, 4.69) is 10.2 Å². The first-order valence-corrected chi connectivity index (χ1v) is 9.77. The van der Waals surface area contributed by atoms with E-state index in [1.807, 2.05) is 12.1 Å². The third-order valence-corrected chi connectivity index (χ3v) is 5.64. The number of ether oxygens (including phenoxy) is 1. The van der Waals surface area contributed by atoms with Crippen molar-refractivity contribution in [1.29, 1.82) is 0 Å². The Morgan fingerprint density at radius 2 is 1.63 bits per heavy atom. The second-order valence-corrected chi connectivity index (χ2v) is 8.02. The van der Waals surface area contributed by atoms with Gasteiger partial charge in [0.25, 0.3) is 9.84 Å². The monoisotopic (exact) mass is 404 g/mol. The van der Waals surface area contributed by atoms with E-state index in [1.54, 1.807) is 0 Å². The molecule has 0 radical (unpaired) electrons. The second-order valence-electron chi connectivity index (χ2n) is 6.08. The number of anilines is 1. The highest BCUT2D eigenvalue weighted by atomic mass is 32.2. The predicted octanol–water partition coefficient (Wildman–Crippen LogP) is 3.02. The normalized spacial score (nSPS) is 16.4. The van der Waals surface area contributed by atoms with Crippen molar-refractivity contribution in [2.75, 3.05) is 31.6 Å². The Hall–Kier alpha value is -2.04. The zero-order chi connectivity index (χ0) is 19.5. The first-order chi connectivity index (χ1) is 12.8. The molecule has 6 nitrogen and oxygen atoms in total. The minimum atomic E-state index is -5.33. The third kappa shape index (κ3) is 4.82. The summed E-state index contributed by atoms with van der Waals surface area (Å²) in [6, 6.07) is 8.14. The molecule has 1 aliphatic rings. The maximum Gasteiger partial charge on any atom is 0.501 e. The van der Waals surface area contributed by atoms with E-state index < -0.39 is 20.2 Å². The standard InChI is InChI=1S/C17H19F3N2O4S/c18-17(19,20)27(23,24)16-5-1-13(2-6-16)21-11-14-3-4-15(26-14)12-22-7-9-25-10-8-22/h1-6,21H,7-12H2. The van der Waals surface area contributed by atoms with E-state index in [-0.39, 0.29) is 0 Å². The number of rotatable bonds is 6. The molecule has 0 saturated carbocycles. The number of furan rings is 1. The van der Waals surface area contributed by atoms with Crippen molar-refractivity contribution in [3.8, 4) is 0 Å². The van der Waals surface area contributed by atoms with Gasteiger partial charge in [-0.3, -0.25) is 4.90 Å². The number of nitrogens with one attached hydrogen (secondary N) is 1. The van der Waals surface area contributed by atoms with Gasteiger partial charge in [-0.15, -0.1) is 0 Å². The highest BCUT2D eigenvalue weighted by Crippen LogP contribution is 2.30. The molecule has 0 unspecified atom stereocenters. The summed E-state index contributed by atoms with van der Waals surface area (Å²) in [5.41, 5.74) is -4.82. The van der Waals surface area contributed by atoms with Crippen molar-refractivity contribution < 1.29 is 30.7 Å². The molecular weight excluding hydrogens is 385 g/mol. The molecule has 0 aliphatic carbocycles. The molecule has 0 amide bonds. The van der Waals surface area contributed by atoms with Crippen molar-refractivity contribution in [2.45, 2.75) is 23.5 Å². The fourth-order valence-corrected chi connectivity index (χ4v) is 3.42. The van der Waals surface area contributed by atoms with Gasteiger partial charge >= 0.3 is 5.51 Å². The van der Waals surface area contributed by atoms with E-state index in [4.69, 9.17) is 9.15 Å². The van der Waals surface area contributed by atoms with Crippen LogP contribution in [-0.2, 0) is 27.7 Å². The molecule has 2 aromatic rings. The molecule has 148 valence electrons. The predicted molar refractivity (Wildman–Crippen MR) is 91.8 cm³/mol. The lowest BCUT2D eigenvalue weighted by Crippen LogP contribution is -2.35. The molecule has 1 saturated heterocycles. The molecule has 1 fully saturated rings. The van der Waals surface area contributed by atoms with Crippen LogP contribution in [0.2, 0.25) is 0 Å². The molecule has 1 aromatic heterocycles. The first kappa shape index (κ1) is 19.7. The maximum atomic E-state index is 12.5. The van der Waals surface area contributed by atoms with Crippen LogP contribution in [0.5, 0.6) is 0 Å². The molecule has 0 atom stereocenters. The molecule has 27 heavy (non-hydrogen) atoms. The van der Waals surface area contributed by atoms with Crippen LogP contribution in [0.15, 0.2) is 45.7 Å². The van der Waals surface area contributed by atoms with Gasteiger partial charge in [-0.05, 0) is 36.4 Å². The van der Waals surface area contributed by atoms with Crippen molar-refractivity contribution in [1.82, 2.24) is 4.90 Å². The minimum Gasteiger partial charge on any atom is -0.463 e. The summed E-state index contributed by atoms with van der Waals surface area (Å²) >= 11 is 0. The summed E-state index contributed by atoms with van der Waals surface area (Å²) in [4.78, 5) is 1.44. The van der Waals surface area contributed by atoms with Gasteiger partial charge in [0.1, 0.15) is 11.5 Å². The van der Waals surface area contributed by atoms with Gasteiger partial charge in [-0.25, -0.2) is 8.42 Å². The maximum absolute atomic E-state index is 12.5. The van der Waals surface area contributed by atoms with Crippen molar-refractivity contribution >= 4 is 15.5 Å². The van der Waals surface area contributed by atoms with Gasteiger partial charge in [0, 0.05) is 18.8 Å². The highest BCUT2D eigenvalue weighted by Gasteiger charge is 2.46. The van der Waals surface area contributed by atoms with Gasteiger partial charge in [0.05, 0.1) is 31.2 Å². The smallest absolute Gasteiger partial charge is 0.463 e. The van der Waals surface area contributed by atoms with Crippen LogP contribution in [0.4, 0.5) is 18.9 Å². The average Bonchev–Trinajstić information content (AvgIpc) is 3.07. The van der Waals surface area contributed by atoms with Crippen LogP contribution in [0.1, 0.15) is 11.5 Å². The van der Waals surface area contributed by atoms with Crippen LogP contribution in [0.25, 0.3) is 0 Å². The zero-order valence-electron chi connectivity index (χ0n) is 14.3. The van der Waals surface area contributed by atoms with Crippen LogP contribution in [0, 0.1) is 0 Å². The quantitative estimate of drug-likeness (QED) is 0.798. The van der Waals surface area contributed by atoms with Crippen LogP contribution in [-0.4, -0.2) is 45.1 Å². The summed E-state index contributed by atoms with van der Waals surface area (Å²) in [6.45, 7) is 4.12. The van der Waals surface area contributed by atoms with Crippen LogP contribution < -0.4 is 5.32 Å². The Morgan fingerprint density at radius 3 is 2.26 bits per heavy atom.